The lowest BCUT2D eigenvalue weighted by Gasteiger charge is -2.07. The van der Waals surface area contributed by atoms with Gasteiger partial charge in [-0.05, 0) is 29.3 Å². The molecule has 0 aliphatic heterocycles. The van der Waals surface area contributed by atoms with Gasteiger partial charge >= 0.3 is 0 Å². The fourth-order valence-electron chi connectivity index (χ4n) is 1.62. The van der Waals surface area contributed by atoms with Gasteiger partial charge in [0.25, 0.3) is 0 Å². The molecule has 2 nitrogen and oxygen atoms in total. The van der Waals surface area contributed by atoms with E-state index >= 15 is 0 Å². The Morgan fingerprint density at radius 2 is 1.62 bits per heavy atom. The number of benzene rings is 1. The monoisotopic (exact) mass is 214 g/mol. The summed E-state index contributed by atoms with van der Waals surface area (Å²) in [4.78, 5) is 0. The number of hydrogen-bond acceptors (Lipinski definition) is 2. The Labute approximate surface area is 95.5 Å². The van der Waals surface area contributed by atoms with E-state index in [4.69, 9.17) is 9.47 Å². The van der Waals surface area contributed by atoms with E-state index in [1.807, 2.05) is 30.4 Å². The molecule has 2 heteroatoms. The Hall–Kier alpha value is -1.96. The lowest BCUT2D eigenvalue weighted by atomic mass is 10.1. The van der Waals surface area contributed by atoms with Crippen molar-refractivity contribution >= 4 is 6.08 Å². The van der Waals surface area contributed by atoms with Gasteiger partial charge in [0.2, 0.25) is 0 Å². The third kappa shape index (κ3) is 2.16. The van der Waals surface area contributed by atoms with Gasteiger partial charge in [0.05, 0.1) is 14.2 Å². The molecule has 0 bridgehead atoms. The molecule has 0 fully saturated rings. The van der Waals surface area contributed by atoms with Crippen molar-refractivity contribution in [3.8, 4) is 11.5 Å². The summed E-state index contributed by atoms with van der Waals surface area (Å²) in [6.07, 6.45) is 10.3. The van der Waals surface area contributed by atoms with Crippen molar-refractivity contribution in [3.63, 3.8) is 0 Å². The molecule has 1 aromatic carbocycles. The number of rotatable bonds is 3. The van der Waals surface area contributed by atoms with Crippen LogP contribution in [0.25, 0.3) is 6.08 Å². The first-order chi connectivity index (χ1) is 7.83. The Morgan fingerprint density at radius 1 is 0.938 bits per heavy atom. The van der Waals surface area contributed by atoms with Crippen molar-refractivity contribution in [1.29, 1.82) is 0 Å². The SMILES string of the molecule is COc1ccc(C=C2C=CC=C2)cc1OC. The number of ether oxygens (including phenoxy) is 2. The van der Waals surface area contributed by atoms with Crippen molar-refractivity contribution in [3.05, 3.63) is 53.6 Å². The third-order valence-corrected chi connectivity index (χ3v) is 2.43. The van der Waals surface area contributed by atoms with Crippen LogP contribution in [0.5, 0.6) is 11.5 Å². The van der Waals surface area contributed by atoms with Crippen LogP contribution >= 0.6 is 0 Å². The van der Waals surface area contributed by atoms with E-state index in [2.05, 4.69) is 18.2 Å². The normalized spacial score (nSPS) is 13.0. The van der Waals surface area contributed by atoms with Crippen LogP contribution < -0.4 is 9.47 Å². The first-order valence-electron chi connectivity index (χ1n) is 5.12. The molecule has 0 atom stereocenters. The van der Waals surface area contributed by atoms with Gasteiger partial charge in [-0.25, -0.2) is 0 Å². The van der Waals surface area contributed by atoms with Crippen molar-refractivity contribution < 1.29 is 9.47 Å². The van der Waals surface area contributed by atoms with E-state index in [1.54, 1.807) is 14.2 Å². The minimum atomic E-state index is 0.752. The van der Waals surface area contributed by atoms with Gasteiger partial charge in [0, 0.05) is 0 Å². The predicted octanol–water partition coefficient (Wildman–Crippen LogP) is 3.21. The quantitative estimate of drug-likeness (QED) is 0.769. The number of methoxy groups -OCH3 is 2. The maximum atomic E-state index is 5.25. The van der Waals surface area contributed by atoms with Crippen molar-refractivity contribution in [2.45, 2.75) is 0 Å². The topological polar surface area (TPSA) is 18.5 Å². The van der Waals surface area contributed by atoms with Crippen LogP contribution in [0.3, 0.4) is 0 Å². The number of allylic oxidation sites excluding steroid dienone is 5. The third-order valence-electron chi connectivity index (χ3n) is 2.43. The second-order valence-corrected chi connectivity index (χ2v) is 3.48. The minimum Gasteiger partial charge on any atom is -0.493 e. The van der Waals surface area contributed by atoms with E-state index in [9.17, 15) is 0 Å². The van der Waals surface area contributed by atoms with E-state index in [-0.39, 0.29) is 0 Å². The van der Waals surface area contributed by atoms with Gasteiger partial charge in [0.1, 0.15) is 0 Å². The highest BCUT2D eigenvalue weighted by molar-refractivity contribution is 5.64. The summed E-state index contributed by atoms with van der Waals surface area (Å²) in [7, 11) is 3.28. The smallest absolute Gasteiger partial charge is 0.161 e. The van der Waals surface area contributed by atoms with Crippen LogP contribution in [0.2, 0.25) is 0 Å². The first-order valence-corrected chi connectivity index (χ1v) is 5.12. The van der Waals surface area contributed by atoms with Crippen LogP contribution in [0, 0.1) is 0 Å². The van der Waals surface area contributed by atoms with Crippen molar-refractivity contribution in [2.24, 2.45) is 0 Å². The van der Waals surface area contributed by atoms with Crippen molar-refractivity contribution in [2.75, 3.05) is 14.2 Å². The Kier molecular flexibility index (Phi) is 3.10. The molecule has 82 valence electrons. The average molecular weight is 214 g/mol. The summed E-state index contributed by atoms with van der Waals surface area (Å²) >= 11 is 0. The van der Waals surface area contributed by atoms with Crippen LogP contribution in [0.4, 0.5) is 0 Å². The highest BCUT2D eigenvalue weighted by Gasteiger charge is 2.03. The fraction of sp³-hybridized carbons (Fsp3) is 0.143. The van der Waals surface area contributed by atoms with E-state index < -0.39 is 0 Å². The lowest BCUT2D eigenvalue weighted by molar-refractivity contribution is 0.355. The molecule has 0 saturated carbocycles. The summed E-state index contributed by atoms with van der Waals surface area (Å²) in [5.74, 6) is 1.50. The van der Waals surface area contributed by atoms with Gasteiger partial charge < -0.3 is 9.47 Å². The summed E-state index contributed by atoms with van der Waals surface area (Å²) in [5.41, 5.74) is 2.29. The predicted molar refractivity (Wildman–Crippen MR) is 65.8 cm³/mol. The summed E-state index contributed by atoms with van der Waals surface area (Å²) in [6.45, 7) is 0. The van der Waals surface area contributed by atoms with Gasteiger partial charge in [-0.15, -0.1) is 0 Å². The Morgan fingerprint density at radius 3 is 2.25 bits per heavy atom. The second-order valence-electron chi connectivity index (χ2n) is 3.48. The largest absolute Gasteiger partial charge is 0.493 e. The standard InChI is InChI=1S/C14H14O2/c1-15-13-8-7-12(10-14(13)16-2)9-11-5-3-4-6-11/h3-10H,1-2H3. The average Bonchev–Trinajstić information content (AvgIpc) is 2.81. The van der Waals surface area contributed by atoms with E-state index in [1.165, 1.54) is 5.57 Å². The van der Waals surface area contributed by atoms with Gasteiger partial charge in [-0.3, -0.25) is 0 Å². The summed E-state index contributed by atoms with van der Waals surface area (Å²) < 4.78 is 10.4. The summed E-state index contributed by atoms with van der Waals surface area (Å²) in [6, 6.07) is 5.88. The fourth-order valence-corrected chi connectivity index (χ4v) is 1.62. The zero-order valence-corrected chi connectivity index (χ0v) is 9.44. The van der Waals surface area contributed by atoms with Crippen LogP contribution in [-0.4, -0.2) is 14.2 Å². The molecule has 0 amide bonds. The van der Waals surface area contributed by atoms with Gasteiger partial charge in [-0.2, -0.15) is 0 Å². The van der Waals surface area contributed by atoms with Crippen LogP contribution in [0.1, 0.15) is 5.56 Å². The number of hydrogen-bond donors (Lipinski definition) is 0. The van der Waals surface area contributed by atoms with Crippen LogP contribution in [-0.2, 0) is 0 Å². The molecule has 0 saturated heterocycles. The first kappa shape index (κ1) is 10.6. The molecule has 1 aliphatic carbocycles. The zero-order chi connectivity index (χ0) is 11.4. The molecule has 0 unspecified atom stereocenters. The lowest BCUT2D eigenvalue weighted by Crippen LogP contribution is -1.90. The maximum Gasteiger partial charge on any atom is 0.161 e. The van der Waals surface area contributed by atoms with Gasteiger partial charge in [0.15, 0.2) is 11.5 Å². The van der Waals surface area contributed by atoms with E-state index in [0.29, 0.717) is 0 Å². The molecule has 0 radical (unpaired) electrons. The molecule has 1 aromatic rings. The Bertz CT molecular complexity index is 454. The van der Waals surface area contributed by atoms with Crippen LogP contribution in [0.15, 0.2) is 48.1 Å². The molecule has 16 heavy (non-hydrogen) atoms. The highest BCUT2D eigenvalue weighted by atomic mass is 16.5. The van der Waals surface area contributed by atoms with Crippen molar-refractivity contribution in [1.82, 2.24) is 0 Å². The molecular formula is C14H14O2. The minimum absolute atomic E-state index is 0.752. The molecule has 0 spiro atoms. The van der Waals surface area contributed by atoms with Gasteiger partial charge in [-0.1, -0.05) is 30.4 Å². The molecule has 1 aliphatic rings. The molecule has 0 N–H and O–H groups in total. The molecular weight excluding hydrogens is 200 g/mol. The molecule has 0 aromatic heterocycles. The zero-order valence-electron chi connectivity index (χ0n) is 9.44. The summed E-state index contributed by atoms with van der Waals surface area (Å²) in [5, 5.41) is 0. The Balaban J connectivity index is 2.32. The van der Waals surface area contributed by atoms with E-state index in [0.717, 1.165) is 17.1 Å². The molecule has 2 rings (SSSR count). The highest BCUT2D eigenvalue weighted by Crippen LogP contribution is 2.28. The second kappa shape index (κ2) is 4.71. The maximum absolute atomic E-state index is 5.25. The molecule has 0 heterocycles.